The molecule has 6 heteroatoms. The van der Waals surface area contributed by atoms with Crippen LogP contribution in [0.2, 0.25) is 0 Å². The molecule has 108 valence electrons. The number of hydrogen-bond donors (Lipinski definition) is 3. The molecule has 1 amide bonds. The monoisotopic (exact) mass is 285 g/mol. The molecule has 2 aromatic rings. The molecule has 1 unspecified atom stereocenters. The van der Waals surface area contributed by atoms with Crippen molar-refractivity contribution in [3.05, 3.63) is 59.9 Å². The van der Waals surface area contributed by atoms with Crippen LogP contribution in [-0.4, -0.2) is 22.0 Å². The molecule has 2 rings (SSSR count). The average molecular weight is 285 g/mol. The molecule has 1 aromatic heterocycles. The summed E-state index contributed by atoms with van der Waals surface area (Å²) in [6.07, 6.45) is 1.24. The summed E-state index contributed by atoms with van der Waals surface area (Å²) in [4.78, 5) is 27.1. The number of pyridine rings is 1. The normalized spacial score (nSPS) is 11.6. The van der Waals surface area contributed by atoms with Gasteiger partial charge in [-0.2, -0.15) is 0 Å². The smallest absolute Gasteiger partial charge is 0.305 e. The number of aromatic nitrogens is 1. The first-order valence-electron chi connectivity index (χ1n) is 6.36. The van der Waals surface area contributed by atoms with Crippen molar-refractivity contribution < 1.29 is 14.7 Å². The van der Waals surface area contributed by atoms with E-state index in [1.165, 1.54) is 6.20 Å². The topological polar surface area (TPSA) is 105 Å². The molecule has 6 nitrogen and oxygen atoms in total. The van der Waals surface area contributed by atoms with Crippen LogP contribution in [0, 0.1) is 0 Å². The van der Waals surface area contributed by atoms with Crippen LogP contribution in [0.1, 0.15) is 28.5 Å². The van der Waals surface area contributed by atoms with E-state index in [9.17, 15) is 9.59 Å². The number of carbonyl (C=O) groups is 2. The lowest BCUT2D eigenvalue weighted by atomic mass is 10.0. The van der Waals surface area contributed by atoms with Gasteiger partial charge in [-0.1, -0.05) is 30.3 Å². The van der Waals surface area contributed by atoms with Crippen molar-refractivity contribution in [2.75, 3.05) is 5.73 Å². The van der Waals surface area contributed by atoms with Gasteiger partial charge in [-0.3, -0.25) is 9.59 Å². The Morgan fingerprint density at radius 2 is 1.90 bits per heavy atom. The summed E-state index contributed by atoms with van der Waals surface area (Å²) >= 11 is 0. The van der Waals surface area contributed by atoms with Gasteiger partial charge in [0.25, 0.3) is 5.91 Å². The van der Waals surface area contributed by atoms with Crippen molar-refractivity contribution in [1.29, 1.82) is 0 Å². The summed E-state index contributed by atoms with van der Waals surface area (Å²) in [5.74, 6) is -1.50. The number of anilines is 1. The minimum absolute atomic E-state index is 0.0869. The third-order valence-electron chi connectivity index (χ3n) is 2.94. The molecular formula is C15H15N3O3. The summed E-state index contributed by atoms with van der Waals surface area (Å²) in [5.41, 5.74) is 6.74. The maximum atomic E-state index is 12.2. The number of aliphatic carboxylic acids is 1. The number of rotatable bonds is 5. The molecule has 1 heterocycles. The second-order valence-electron chi connectivity index (χ2n) is 4.48. The number of benzene rings is 1. The van der Waals surface area contributed by atoms with Gasteiger partial charge in [0.1, 0.15) is 0 Å². The zero-order valence-corrected chi connectivity index (χ0v) is 11.2. The third kappa shape index (κ3) is 3.79. The van der Waals surface area contributed by atoms with Gasteiger partial charge in [0.15, 0.2) is 5.69 Å². The van der Waals surface area contributed by atoms with Crippen molar-refractivity contribution >= 4 is 17.6 Å². The molecule has 21 heavy (non-hydrogen) atoms. The maximum absolute atomic E-state index is 12.2. The summed E-state index contributed by atoms with van der Waals surface area (Å²) in [5, 5.41) is 11.7. The highest BCUT2D eigenvalue weighted by molar-refractivity contribution is 5.97. The molecule has 0 spiro atoms. The van der Waals surface area contributed by atoms with Gasteiger partial charge in [0.05, 0.1) is 18.2 Å². The van der Waals surface area contributed by atoms with E-state index in [1.807, 2.05) is 6.07 Å². The summed E-state index contributed by atoms with van der Waals surface area (Å²) in [6, 6.07) is 11.5. The molecule has 0 radical (unpaired) electrons. The number of nitrogen functional groups attached to an aromatic ring is 1. The highest BCUT2D eigenvalue weighted by Crippen LogP contribution is 2.18. The van der Waals surface area contributed by atoms with Crippen molar-refractivity contribution in [2.24, 2.45) is 0 Å². The standard InChI is InChI=1S/C15H15N3O3/c16-11-7-4-8-17-14(11)15(21)18-12(9-13(19)20)10-5-2-1-3-6-10/h1-8,12H,9,16H2,(H,18,21)(H,19,20). The number of carboxylic acids is 1. The van der Waals surface area contributed by atoms with Crippen molar-refractivity contribution in [1.82, 2.24) is 10.3 Å². The van der Waals surface area contributed by atoms with E-state index in [4.69, 9.17) is 10.8 Å². The summed E-state index contributed by atoms with van der Waals surface area (Å²) in [7, 11) is 0. The average Bonchev–Trinajstić information content (AvgIpc) is 2.47. The second-order valence-corrected chi connectivity index (χ2v) is 4.48. The lowest BCUT2D eigenvalue weighted by Crippen LogP contribution is -2.31. The summed E-state index contributed by atoms with van der Waals surface area (Å²) in [6.45, 7) is 0. The van der Waals surface area contributed by atoms with Crippen LogP contribution in [0.5, 0.6) is 0 Å². The Morgan fingerprint density at radius 1 is 1.19 bits per heavy atom. The van der Waals surface area contributed by atoms with Gasteiger partial charge in [-0.15, -0.1) is 0 Å². The van der Waals surface area contributed by atoms with E-state index in [-0.39, 0.29) is 17.8 Å². The van der Waals surface area contributed by atoms with E-state index < -0.39 is 17.9 Å². The Balaban J connectivity index is 2.21. The predicted molar refractivity (Wildman–Crippen MR) is 77.6 cm³/mol. The molecule has 0 aliphatic carbocycles. The van der Waals surface area contributed by atoms with Crippen molar-refractivity contribution in [2.45, 2.75) is 12.5 Å². The first-order valence-corrected chi connectivity index (χ1v) is 6.36. The fourth-order valence-electron chi connectivity index (χ4n) is 1.95. The van der Waals surface area contributed by atoms with E-state index >= 15 is 0 Å². The molecule has 0 saturated heterocycles. The Bertz CT molecular complexity index is 644. The van der Waals surface area contributed by atoms with Crippen LogP contribution >= 0.6 is 0 Å². The van der Waals surface area contributed by atoms with E-state index in [0.29, 0.717) is 5.56 Å². The zero-order valence-electron chi connectivity index (χ0n) is 11.2. The minimum Gasteiger partial charge on any atom is -0.481 e. The number of nitrogens with one attached hydrogen (secondary N) is 1. The van der Waals surface area contributed by atoms with Crippen LogP contribution in [0.15, 0.2) is 48.7 Å². The van der Waals surface area contributed by atoms with Crippen LogP contribution in [0.25, 0.3) is 0 Å². The number of nitrogens with zero attached hydrogens (tertiary/aromatic N) is 1. The lowest BCUT2D eigenvalue weighted by molar-refractivity contribution is -0.137. The quantitative estimate of drug-likeness (QED) is 0.774. The third-order valence-corrected chi connectivity index (χ3v) is 2.94. The van der Waals surface area contributed by atoms with E-state index in [0.717, 1.165) is 0 Å². The number of hydrogen-bond acceptors (Lipinski definition) is 4. The highest BCUT2D eigenvalue weighted by Gasteiger charge is 2.20. The molecule has 0 aliphatic rings. The highest BCUT2D eigenvalue weighted by atomic mass is 16.4. The first kappa shape index (κ1) is 14.5. The van der Waals surface area contributed by atoms with Crippen LogP contribution < -0.4 is 11.1 Å². The Kier molecular flexibility index (Phi) is 4.50. The Hall–Kier alpha value is -2.89. The first-order chi connectivity index (χ1) is 10.1. The van der Waals surface area contributed by atoms with Crippen LogP contribution in [0.3, 0.4) is 0 Å². The van der Waals surface area contributed by atoms with Gasteiger partial charge in [-0.25, -0.2) is 4.98 Å². The van der Waals surface area contributed by atoms with Gasteiger partial charge in [0.2, 0.25) is 0 Å². The van der Waals surface area contributed by atoms with Crippen LogP contribution in [0.4, 0.5) is 5.69 Å². The molecule has 1 aromatic carbocycles. The van der Waals surface area contributed by atoms with Gasteiger partial charge >= 0.3 is 5.97 Å². The molecule has 0 aliphatic heterocycles. The van der Waals surface area contributed by atoms with Gasteiger partial charge in [0, 0.05) is 6.20 Å². The minimum atomic E-state index is -1.00. The number of carboxylic acid groups (broad SMARTS) is 1. The number of carbonyl (C=O) groups excluding carboxylic acids is 1. The SMILES string of the molecule is Nc1cccnc1C(=O)NC(CC(=O)O)c1ccccc1. The predicted octanol–water partition coefficient (Wildman–Crippen LogP) is 1.61. The van der Waals surface area contributed by atoms with E-state index in [2.05, 4.69) is 10.3 Å². The molecular weight excluding hydrogens is 270 g/mol. The second kappa shape index (κ2) is 6.51. The largest absolute Gasteiger partial charge is 0.481 e. The number of amides is 1. The Morgan fingerprint density at radius 3 is 2.52 bits per heavy atom. The number of nitrogens with two attached hydrogens (primary N) is 1. The molecule has 0 saturated carbocycles. The zero-order chi connectivity index (χ0) is 15.2. The Labute approximate surface area is 121 Å². The van der Waals surface area contributed by atoms with Crippen LogP contribution in [-0.2, 0) is 4.79 Å². The fraction of sp³-hybridized carbons (Fsp3) is 0.133. The molecule has 4 N–H and O–H groups in total. The lowest BCUT2D eigenvalue weighted by Gasteiger charge is -2.17. The molecule has 1 atom stereocenters. The van der Waals surface area contributed by atoms with Gasteiger partial charge < -0.3 is 16.2 Å². The van der Waals surface area contributed by atoms with Crippen molar-refractivity contribution in [3.63, 3.8) is 0 Å². The maximum Gasteiger partial charge on any atom is 0.305 e. The summed E-state index contributed by atoms with van der Waals surface area (Å²) < 4.78 is 0. The van der Waals surface area contributed by atoms with Gasteiger partial charge in [-0.05, 0) is 17.7 Å². The molecule has 0 fully saturated rings. The van der Waals surface area contributed by atoms with E-state index in [1.54, 1.807) is 36.4 Å². The molecule has 0 bridgehead atoms. The fourth-order valence-corrected chi connectivity index (χ4v) is 1.95. The van der Waals surface area contributed by atoms with Crippen molar-refractivity contribution in [3.8, 4) is 0 Å².